The number of fused-ring (bicyclic) bond motifs is 1. The minimum atomic E-state index is -1.35. The predicted octanol–water partition coefficient (Wildman–Crippen LogP) is 1.63. The van der Waals surface area contributed by atoms with Gasteiger partial charge < -0.3 is 20.8 Å². The lowest BCUT2D eigenvalue weighted by molar-refractivity contribution is -0.147. The van der Waals surface area contributed by atoms with E-state index in [9.17, 15) is 14.7 Å². The Kier molecular flexibility index (Phi) is 5.79. The van der Waals surface area contributed by atoms with E-state index in [1.54, 1.807) is 0 Å². The third-order valence-corrected chi connectivity index (χ3v) is 4.98. The van der Waals surface area contributed by atoms with Gasteiger partial charge in [0, 0.05) is 24.4 Å². The smallest absolute Gasteiger partial charge is 0.330 e. The van der Waals surface area contributed by atoms with E-state index in [2.05, 4.69) is 10.6 Å². The van der Waals surface area contributed by atoms with Crippen LogP contribution in [-0.4, -0.2) is 47.3 Å². The molecule has 6 nitrogen and oxygen atoms in total. The molecule has 1 unspecified atom stereocenters. The number of hydrogen-bond donors (Lipinski definition) is 4. The summed E-state index contributed by atoms with van der Waals surface area (Å²) in [4.78, 5) is 24.1. The summed E-state index contributed by atoms with van der Waals surface area (Å²) in [5.41, 5.74) is 2.45. The lowest BCUT2D eigenvalue weighted by Crippen LogP contribution is -2.57. The molecule has 0 aromatic heterocycles. The van der Waals surface area contributed by atoms with E-state index in [1.165, 1.54) is 0 Å². The van der Waals surface area contributed by atoms with E-state index in [4.69, 9.17) is 16.7 Å². The van der Waals surface area contributed by atoms with Gasteiger partial charge in [-0.2, -0.15) is 0 Å². The van der Waals surface area contributed by atoms with E-state index in [0.29, 0.717) is 5.02 Å². The molecule has 1 amide bonds. The molecule has 0 spiro atoms. The lowest BCUT2D eigenvalue weighted by atomic mass is 9.95. The number of hydrogen-bond acceptors (Lipinski definition) is 4. The van der Waals surface area contributed by atoms with Gasteiger partial charge in [-0.15, -0.1) is 0 Å². The summed E-state index contributed by atoms with van der Waals surface area (Å²) in [5, 5.41) is 24.6. The Hall–Kier alpha value is -2.41. The maximum Gasteiger partial charge on any atom is 0.330 e. The van der Waals surface area contributed by atoms with Crippen molar-refractivity contribution in [2.24, 2.45) is 0 Å². The molecule has 0 aliphatic heterocycles. The zero-order valence-electron chi connectivity index (χ0n) is 14.7. The third kappa shape index (κ3) is 4.30. The molecule has 3 rings (SSSR count). The molecule has 0 radical (unpaired) electrons. The zero-order valence-corrected chi connectivity index (χ0v) is 15.4. The Bertz CT molecular complexity index is 854. The van der Waals surface area contributed by atoms with Crippen LogP contribution in [0.4, 0.5) is 0 Å². The molecule has 1 aliphatic carbocycles. The highest BCUT2D eigenvalue weighted by molar-refractivity contribution is 6.30. The highest BCUT2D eigenvalue weighted by Gasteiger charge is 2.45. The van der Waals surface area contributed by atoms with Crippen molar-refractivity contribution in [1.29, 1.82) is 0 Å². The topological polar surface area (TPSA) is 98.7 Å². The molecule has 142 valence electrons. The maximum absolute atomic E-state index is 12.1. The molecular weight excluding hydrogens is 368 g/mol. The van der Waals surface area contributed by atoms with Gasteiger partial charge in [0.05, 0.1) is 13.2 Å². The largest absolute Gasteiger partial charge is 0.479 e. The van der Waals surface area contributed by atoms with Crippen molar-refractivity contribution in [3.63, 3.8) is 0 Å². The Balaban J connectivity index is 1.80. The first kappa shape index (κ1) is 19.4. The third-order valence-electron chi connectivity index (χ3n) is 4.73. The van der Waals surface area contributed by atoms with Gasteiger partial charge in [-0.3, -0.25) is 4.79 Å². The van der Waals surface area contributed by atoms with Crippen molar-refractivity contribution in [2.75, 3.05) is 19.7 Å². The summed E-state index contributed by atoms with van der Waals surface area (Å²) < 4.78 is 0. The molecule has 7 heteroatoms. The van der Waals surface area contributed by atoms with Gasteiger partial charge in [0.15, 0.2) is 0 Å². The van der Waals surface area contributed by atoms with Crippen molar-refractivity contribution in [2.45, 2.75) is 18.4 Å². The summed E-state index contributed by atoms with van der Waals surface area (Å²) in [5.74, 6) is -1.46. The van der Waals surface area contributed by atoms with Crippen LogP contribution in [-0.2, 0) is 22.4 Å². The number of rotatable bonds is 7. The number of amides is 1. The fourth-order valence-corrected chi connectivity index (χ4v) is 3.51. The summed E-state index contributed by atoms with van der Waals surface area (Å²) in [6, 6.07) is 13.3. The summed E-state index contributed by atoms with van der Waals surface area (Å²) in [6.45, 7) is 0.149. The average Bonchev–Trinajstić information content (AvgIpc) is 3.01. The molecule has 0 saturated carbocycles. The van der Waals surface area contributed by atoms with E-state index >= 15 is 0 Å². The van der Waals surface area contributed by atoms with Crippen LogP contribution in [0.2, 0.25) is 5.02 Å². The van der Waals surface area contributed by atoms with Crippen LogP contribution in [0, 0.1) is 0 Å². The second kappa shape index (κ2) is 8.08. The van der Waals surface area contributed by atoms with Crippen molar-refractivity contribution in [1.82, 2.24) is 10.6 Å². The first-order chi connectivity index (χ1) is 12.9. The Morgan fingerprint density at radius 1 is 1.04 bits per heavy atom. The van der Waals surface area contributed by atoms with E-state index < -0.39 is 17.4 Å². The standard InChI is InChI=1S/C20H21ClN2O4/c21-17-5-3-13(4-6-17)14-1-2-15-10-20(19(26)27,11-16(15)9-14)23-18(25)12-22-7-8-24/h1-6,9,22,24H,7-8,10-12H2,(H,23,25)(H,26,27). The Morgan fingerprint density at radius 3 is 2.37 bits per heavy atom. The molecule has 0 bridgehead atoms. The lowest BCUT2D eigenvalue weighted by Gasteiger charge is -2.25. The van der Waals surface area contributed by atoms with Crippen LogP contribution < -0.4 is 10.6 Å². The molecule has 0 saturated heterocycles. The number of carbonyl (C=O) groups excluding carboxylic acids is 1. The number of benzene rings is 2. The molecule has 1 atom stereocenters. The Labute approximate surface area is 162 Å². The second-order valence-corrected chi connectivity index (χ2v) is 7.12. The fraction of sp³-hybridized carbons (Fsp3) is 0.300. The van der Waals surface area contributed by atoms with Gasteiger partial charge in [-0.1, -0.05) is 41.9 Å². The number of halogens is 1. The molecule has 0 fully saturated rings. The highest BCUT2D eigenvalue weighted by atomic mass is 35.5. The molecule has 2 aromatic rings. The van der Waals surface area contributed by atoms with Crippen molar-refractivity contribution in [3.8, 4) is 11.1 Å². The maximum atomic E-state index is 12.1. The van der Waals surface area contributed by atoms with Crippen LogP contribution in [0.5, 0.6) is 0 Å². The predicted molar refractivity (Wildman–Crippen MR) is 103 cm³/mol. The van der Waals surface area contributed by atoms with Crippen LogP contribution in [0.1, 0.15) is 11.1 Å². The summed E-state index contributed by atoms with van der Waals surface area (Å²) >= 11 is 5.93. The van der Waals surface area contributed by atoms with E-state index in [0.717, 1.165) is 22.3 Å². The van der Waals surface area contributed by atoms with Crippen LogP contribution in [0.25, 0.3) is 11.1 Å². The fourth-order valence-electron chi connectivity index (χ4n) is 3.38. The summed E-state index contributed by atoms with van der Waals surface area (Å²) in [6.07, 6.45) is 0.467. The SMILES string of the molecule is O=C(CNCCO)NC1(C(=O)O)Cc2ccc(-c3ccc(Cl)cc3)cc2C1. The van der Waals surface area contributed by atoms with Gasteiger partial charge in [0.1, 0.15) is 5.54 Å². The van der Waals surface area contributed by atoms with Crippen LogP contribution in [0.15, 0.2) is 42.5 Å². The number of carbonyl (C=O) groups is 2. The first-order valence-corrected chi connectivity index (χ1v) is 9.05. The van der Waals surface area contributed by atoms with Crippen molar-refractivity contribution >= 4 is 23.5 Å². The molecular formula is C20H21ClN2O4. The minimum Gasteiger partial charge on any atom is -0.479 e. The number of aliphatic hydroxyl groups excluding tert-OH is 1. The van der Waals surface area contributed by atoms with Gasteiger partial charge in [0.25, 0.3) is 0 Å². The Morgan fingerprint density at radius 2 is 1.70 bits per heavy atom. The molecule has 1 aliphatic rings. The zero-order chi connectivity index (χ0) is 19.4. The first-order valence-electron chi connectivity index (χ1n) is 8.67. The average molecular weight is 389 g/mol. The van der Waals surface area contributed by atoms with Gasteiger partial charge in [0.2, 0.25) is 5.91 Å². The van der Waals surface area contributed by atoms with Gasteiger partial charge in [-0.25, -0.2) is 4.79 Å². The van der Waals surface area contributed by atoms with Crippen LogP contribution >= 0.6 is 11.6 Å². The van der Waals surface area contributed by atoms with E-state index in [-0.39, 0.29) is 32.5 Å². The second-order valence-electron chi connectivity index (χ2n) is 6.68. The quantitative estimate of drug-likeness (QED) is 0.540. The number of aliphatic hydroxyl groups is 1. The normalized spacial score (nSPS) is 18.1. The van der Waals surface area contributed by atoms with Crippen LogP contribution in [0.3, 0.4) is 0 Å². The van der Waals surface area contributed by atoms with Crippen molar-refractivity contribution < 1.29 is 19.8 Å². The number of aliphatic carboxylic acids is 1. The monoisotopic (exact) mass is 388 g/mol. The highest BCUT2D eigenvalue weighted by Crippen LogP contribution is 2.34. The summed E-state index contributed by atoms with van der Waals surface area (Å²) in [7, 11) is 0. The van der Waals surface area contributed by atoms with Crippen molar-refractivity contribution in [3.05, 3.63) is 58.6 Å². The molecule has 2 aromatic carbocycles. The minimum absolute atomic E-state index is 0.0397. The number of carboxylic acids is 1. The number of carboxylic acid groups (broad SMARTS) is 1. The van der Waals surface area contributed by atoms with Gasteiger partial charge >= 0.3 is 5.97 Å². The molecule has 4 N–H and O–H groups in total. The molecule has 0 heterocycles. The van der Waals surface area contributed by atoms with E-state index in [1.807, 2.05) is 42.5 Å². The van der Waals surface area contributed by atoms with Gasteiger partial charge in [-0.05, 0) is 34.4 Å². The molecule has 27 heavy (non-hydrogen) atoms. The number of nitrogens with one attached hydrogen (secondary N) is 2.